The number of carbonyl (C=O) groups is 1. The summed E-state index contributed by atoms with van der Waals surface area (Å²) < 4.78 is 5.40. The lowest BCUT2D eigenvalue weighted by atomic mass is 10.1. The Morgan fingerprint density at radius 3 is 2.22 bits per heavy atom. The Morgan fingerprint density at radius 2 is 1.53 bits per heavy atom. The Kier molecular flexibility index (Phi) is 9.52. The number of aliphatic hydroxyl groups is 1. The van der Waals surface area contributed by atoms with E-state index in [0.29, 0.717) is 18.8 Å². The third-order valence-corrected chi connectivity index (χ3v) is 7.06. The molecular formula is C28H31N3O4S. The molecule has 0 saturated carbocycles. The topological polar surface area (TPSA) is 85.6 Å². The summed E-state index contributed by atoms with van der Waals surface area (Å²) in [6.07, 6.45) is 0. The summed E-state index contributed by atoms with van der Waals surface area (Å²) in [5, 5.41) is 17.2. The molecule has 2 N–H and O–H groups in total. The van der Waals surface area contributed by atoms with Gasteiger partial charge in [-0.25, -0.2) is 9.79 Å². The number of carboxylic acid groups (broad SMARTS) is 1. The quantitative estimate of drug-likeness (QED) is 0.485. The SMILES string of the molecule is O=C(O)c1ccccc1.OCCOCCN1CCN(C2=Nc3ccccc3Sc3ccccc32)CC1. The second kappa shape index (κ2) is 13.2. The van der Waals surface area contributed by atoms with E-state index in [0.717, 1.165) is 44.2 Å². The molecule has 0 spiro atoms. The standard InChI is InChI=1S/C21H25N3O2S.C7H6O2/c25-14-16-26-15-13-23-9-11-24(12-10-23)21-17-5-1-3-7-19(17)27-20-8-4-2-6-18(20)22-21;8-7(9)6-4-2-1-3-5-6/h1-8,25H,9-16H2;1-5H,(H,8,9). The molecule has 36 heavy (non-hydrogen) atoms. The first kappa shape index (κ1) is 25.9. The number of para-hydroxylation sites is 1. The van der Waals surface area contributed by atoms with E-state index in [1.165, 1.54) is 15.4 Å². The smallest absolute Gasteiger partial charge is 0.335 e. The van der Waals surface area contributed by atoms with Crippen LogP contribution in [-0.2, 0) is 4.74 Å². The first-order valence-electron chi connectivity index (χ1n) is 12.0. The Bertz CT molecular complexity index is 1160. The fourth-order valence-electron chi connectivity index (χ4n) is 4.03. The zero-order chi connectivity index (χ0) is 25.2. The molecule has 2 heterocycles. The van der Waals surface area contributed by atoms with E-state index in [9.17, 15) is 4.79 Å². The van der Waals surface area contributed by atoms with Gasteiger partial charge in [-0.2, -0.15) is 0 Å². The van der Waals surface area contributed by atoms with E-state index in [2.05, 4.69) is 58.3 Å². The number of aliphatic hydroxyl groups excluding tert-OH is 1. The fourth-order valence-corrected chi connectivity index (χ4v) is 5.05. The summed E-state index contributed by atoms with van der Waals surface area (Å²) in [6, 6.07) is 25.2. The van der Waals surface area contributed by atoms with Gasteiger partial charge < -0.3 is 19.8 Å². The molecule has 2 aliphatic heterocycles. The molecule has 1 fully saturated rings. The zero-order valence-corrected chi connectivity index (χ0v) is 20.9. The van der Waals surface area contributed by atoms with Crippen LogP contribution in [0.1, 0.15) is 15.9 Å². The molecule has 7 nitrogen and oxygen atoms in total. The molecule has 0 aliphatic carbocycles. The number of amidine groups is 1. The van der Waals surface area contributed by atoms with Crippen LogP contribution in [0.4, 0.5) is 5.69 Å². The van der Waals surface area contributed by atoms with Crippen molar-refractivity contribution < 1.29 is 19.7 Å². The van der Waals surface area contributed by atoms with Crippen LogP contribution in [-0.4, -0.2) is 84.4 Å². The molecule has 8 heteroatoms. The molecular weight excluding hydrogens is 474 g/mol. The molecule has 0 atom stereocenters. The average molecular weight is 506 g/mol. The minimum Gasteiger partial charge on any atom is -0.478 e. The summed E-state index contributed by atoms with van der Waals surface area (Å²) in [5.41, 5.74) is 2.60. The van der Waals surface area contributed by atoms with Gasteiger partial charge in [0, 0.05) is 48.1 Å². The van der Waals surface area contributed by atoms with Crippen LogP contribution in [0.3, 0.4) is 0 Å². The highest BCUT2D eigenvalue weighted by atomic mass is 32.2. The molecule has 3 aromatic rings. The summed E-state index contributed by atoms with van der Waals surface area (Å²) in [4.78, 5) is 22.6. The number of nitrogens with zero attached hydrogens (tertiary/aromatic N) is 3. The molecule has 188 valence electrons. The predicted octanol–water partition coefficient (Wildman–Crippen LogP) is 4.24. The van der Waals surface area contributed by atoms with E-state index >= 15 is 0 Å². The number of carboxylic acids is 1. The molecule has 0 aromatic heterocycles. The first-order chi connectivity index (χ1) is 17.7. The highest BCUT2D eigenvalue weighted by Crippen LogP contribution is 2.40. The first-order valence-corrected chi connectivity index (χ1v) is 12.9. The lowest BCUT2D eigenvalue weighted by molar-refractivity contribution is 0.0652. The molecule has 3 aromatic carbocycles. The number of aliphatic imine (C=N–C) groups is 1. The van der Waals surface area contributed by atoms with E-state index in [4.69, 9.17) is 19.9 Å². The maximum atomic E-state index is 10.2. The minimum absolute atomic E-state index is 0.0898. The van der Waals surface area contributed by atoms with E-state index in [1.54, 1.807) is 42.1 Å². The number of hydrogen-bond acceptors (Lipinski definition) is 7. The van der Waals surface area contributed by atoms with Crippen LogP contribution in [0.5, 0.6) is 0 Å². The number of piperazine rings is 1. The van der Waals surface area contributed by atoms with Crippen molar-refractivity contribution >= 4 is 29.3 Å². The van der Waals surface area contributed by atoms with Crippen LogP contribution >= 0.6 is 11.8 Å². The second-order valence-corrected chi connectivity index (χ2v) is 9.42. The zero-order valence-electron chi connectivity index (χ0n) is 20.1. The third-order valence-electron chi connectivity index (χ3n) is 5.92. The van der Waals surface area contributed by atoms with Crippen molar-refractivity contribution in [3.8, 4) is 0 Å². The van der Waals surface area contributed by atoms with Crippen molar-refractivity contribution in [2.75, 3.05) is 52.5 Å². The van der Waals surface area contributed by atoms with Crippen molar-refractivity contribution in [3.05, 3.63) is 90.0 Å². The van der Waals surface area contributed by atoms with Gasteiger partial charge in [-0.05, 0) is 30.3 Å². The number of aromatic carboxylic acids is 1. The molecule has 0 bridgehead atoms. The van der Waals surface area contributed by atoms with Crippen molar-refractivity contribution in [2.24, 2.45) is 4.99 Å². The molecule has 0 amide bonds. The molecule has 5 rings (SSSR count). The van der Waals surface area contributed by atoms with Crippen LogP contribution in [0.2, 0.25) is 0 Å². The number of hydrogen-bond donors (Lipinski definition) is 2. The monoisotopic (exact) mass is 505 g/mol. The van der Waals surface area contributed by atoms with Gasteiger partial charge in [-0.1, -0.05) is 60.3 Å². The maximum Gasteiger partial charge on any atom is 0.335 e. The molecule has 0 unspecified atom stereocenters. The Morgan fingerprint density at radius 1 is 0.861 bits per heavy atom. The largest absolute Gasteiger partial charge is 0.478 e. The van der Waals surface area contributed by atoms with Gasteiger partial charge in [-0.3, -0.25) is 4.90 Å². The van der Waals surface area contributed by atoms with Gasteiger partial charge in [0.25, 0.3) is 0 Å². The number of ether oxygens (including phenoxy) is 1. The van der Waals surface area contributed by atoms with Crippen molar-refractivity contribution in [3.63, 3.8) is 0 Å². The van der Waals surface area contributed by atoms with Crippen LogP contribution in [0.15, 0.2) is 93.6 Å². The summed E-state index contributed by atoms with van der Waals surface area (Å²) in [7, 11) is 0. The third kappa shape index (κ3) is 6.95. The fraction of sp³-hybridized carbons (Fsp3) is 0.286. The normalized spacial score (nSPS) is 15.0. The van der Waals surface area contributed by atoms with E-state index < -0.39 is 5.97 Å². The highest BCUT2D eigenvalue weighted by molar-refractivity contribution is 7.99. The van der Waals surface area contributed by atoms with Crippen LogP contribution in [0, 0.1) is 0 Å². The van der Waals surface area contributed by atoms with Crippen molar-refractivity contribution in [1.82, 2.24) is 9.80 Å². The lowest BCUT2D eigenvalue weighted by Gasteiger charge is -2.36. The Hall–Kier alpha value is -3.17. The van der Waals surface area contributed by atoms with Gasteiger partial charge >= 0.3 is 5.97 Å². The van der Waals surface area contributed by atoms with Crippen molar-refractivity contribution in [1.29, 1.82) is 0 Å². The Labute approximate surface area is 216 Å². The van der Waals surface area contributed by atoms with Crippen LogP contribution in [0.25, 0.3) is 0 Å². The summed E-state index contributed by atoms with van der Waals surface area (Å²) in [5.74, 6) is 0.204. The second-order valence-electron chi connectivity index (χ2n) is 8.34. The van der Waals surface area contributed by atoms with Gasteiger partial charge in [0.1, 0.15) is 5.84 Å². The van der Waals surface area contributed by atoms with Gasteiger partial charge in [0.15, 0.2) is 0 Å². The van der Waals surface area contributed by atoms with E-state index in [1.807, 2.05) is 0 Å². The van der Waals surface area contributed by atoms with Gasteiger partial charge in [0.05, 0.1) is 31.1 Å². The Balaban J connectivity index is 0.000000286. The average Bonchev–Trinajstić information content (AvgIpc) is 3.09. The van der Waals surface area contributed by atoms with Crippen LogP contribution < -0.4 is 0 Å². The van der Waals surface area contributed by atoms with E-state index in [-0.39, 0.29) is 6.61 Å². The number of benzene rings is 3. The summed E-state index contributed by atoms with van der Waals surface area (Å²) in [6.45, 7) is 6.01. The number of fused-ring (bicyclic) bond motifs is 2. The molecule has 1 saturated heterocycles. The van der Waals surface area contributed by atoms with Gasteiger partial charge in [-0.15, -0.1) is 0 Å². The van der Waals surface area contributed by atoms with Crippen molar-refractivity contribution in [2.45, 2.75) is 9.79 Å². The highest BCUT2D eigenvalue weighted by Gasteiger charge is 2.25. The molecule has 2 aliphatic rings. The predicted molar refractivity (Wildman–Crippen MR) is 143 cm³/mol. The maximum absolute atomic E-state index is 10.2. The molecule has 0 radical (unpaired) electrons. The number of rotatable bonds is 6. The van der Waals surface area contributed by atoms with Gasteiger partial charge in [0.2, 0.25) is 0 Å². The lowest BCUT2D eigenvalue weighted by Crippen LogP contribution is -2.49. The minimum atomic E-state index is -0.879. The summed E-state index contributed by atoms with van der Waals surface area (Å²) >= 11 is 1.80.